The molecule has 0 saturated carbocycles. The first-order valence-corrected chi connectivity index (χ1v) is 8.61. The van der Waals surface area contributed by atoms with Gasteiger partial charge in [-0.15, -0.1) is 0 Å². The summed E-state index contributed by atoms with van der Waals surface area (Å²) in [6.45, 7) is 7.94. The van der Waals surface area contributed by atoms with Gasteiger partial charge in [0.05, 0.1) is 6.61 Å². The van der Waals surface area contributed by atoms with E-state index >= 15 is 0 Å². The van der Waals surface area contributed by atoms with Gasteiger partial charge in [0.2, 0.25) is 0 Å². The van der Waals surface area contributed by atoms with Crippen LogP contribution in [0.2, 0.25) is 0 Å². The standard InChI is InChI=1S/C20H26N2O/c1-4-23-20-10-9-17(18-7-5-6-8-19(18)20)13-15(2)14-22-12-11-21-16(22)3/h9-13H,4-8,14H2,1-3H3/b15-13+. The second-order valence-corrected chi connectivity index (χ2v) is 6.34. The predicted molar refractivity (Wildman–Crippen MR) is 94.9 cm³/mol. The molecule has 0 fully saturated rings. The molecule has 1 aliphatic rings. The van der Waals surface area contributed by atoms with Crippen LogP contribution in [0, 0.1) is 6.92 Å². The zero-order chi connectivity index (χ0) is 16.2. The number of aromatic nitrogens is 2. The van der Waals surface area contributed by atoms with Crippen LogP contribution >= 0.6 is 0 Å². The van der Waals surface area contributed by atoms with E-state index in [-0.39, 0.29) is 0 Å². The Morgan fingerprint density at radius 3 is 2.74 bits per heavy atom. The molecule has 2 aromatic rings. The van der Waals surface area contributed by atoms with Gasteiger partial charge in [-0.25, -0.2) is 4.98 Å². The van der Waals surface area contributed by atoms with Gasteiger partial charge < -0.3 is 9.30 Å². The number of aryl methyl sites for hydroxylation is 1. The summed E-state index contributed by atoms with van der Waals surface area (Å²) in [4.78, 5) is 4.30. The largest absolute Gasteiger partial charge is 0.494 e. The summed E-state index contributed by atoms with van der Waals surface area (Å²) in [7, 11) is 0. The Kier molecular flexibility index (Phi) is 4.85. The minimum atomic E-state index is 0.737. The number of allylic oxidation sites excluding steroid dienone is 1. The minimum Gasteiger partial charge on any atom is -0.494 e. The van der Waals surface area contributed by atoms with Crippen LogP contribution in [0.15, 0.2) is 30.1 Å². The molecule has 0 unspecified atom stereocenters. The van der Waals surface area contributed by atoms with E-state index in [4.69, 9.17) is 4.74 Å². The normalized spacial score (nSPS) is 14.7. The molecule has 0 amide bonds. The number of ether oxygens (including phenoxy) is 1. The lowest BCUT2D eigenvalue weighted by atomic mass is 9.87. The first kappa shape index (κ1) is 15.9. The maximum Gasteiger partial charge on any atom is 0.122 e. The van der Waals surface area contributed by atoms with Gasteiger partial charge in [-0.3, -0.25) is 0 Å². The molecule has 23 heavy (non-hydrogen) atoms. The number of imidazole rings is 1. The molecule has 0 bridgehead atoms. The third-order valence-corrected chi connectivity index (χ3v) is 4.57. The molecule has 1 heterocycles. The fraction of sp³-hybridized carbons (Fsp3) is 0.450. The molecule has 1 aliphatic carbocycles. The Hall–Kier alpha value is -2.03. The van der Waals surface area contributed by atoms with Crippen molar-refractivity contribution in [3.8, 4) is 5.75 Å². The number of rotatable bonds is 5. The Labute approximate surface area is 139 Å². The van der Waals surface area contributed by atoms with E-state index in [0.717, 1.165) is 31.1 Å². The average molecular weight is 310 g/mol. The quantitative estimate of drug-likeness (QED) is 0.808. The van der Waals surface area contributed by atoms with Gasteiger partial charge >= 0.3 is 0 Å². The topological polar surface area (TPSA) is 27.1 Å². The Morgan fingerprint density at radius 2 is 2.04 bits per heavy atom. The SMILES string of the molecule is CCOc1ccc(/C=C(\C)Cn2ccnc2C)c2c1CCCC2. The summed E-state index contributed by atoms with van der Waals surface area (Å²) in [5, 5.41) is 0. The molecule has 0 spiro atoms. The van der Waals surface area contributed by atoms with Crippen LogP contribution < -0.4 is 4.74 Å². The number of hydrogen-bond acceptors (Lipinski definition) is 2. The van der Waals surface area contributed by atoms with E-state index in [1.165, 1.54) is 41.5 Å². The summed E-state index contributed by atoms with van der Waals surface area (Å²) in [5.74, 6) is 2.15. The van der Waals surface area contributed by atoms with Gasteiger partial charge in [0.15, 0.2) is 0 Å². The fourth-order valence-electron chi connectivity index (χ4n) is 3.44. The first-order chi connectivity index (χ1) is 11.2. The van der Waals surface area contributed by atoms with E-state index in [1.54, 1.807) is 0 Å². The summed E-state index contributed by atoms with van der Waals surface area (Å²) in [5.41, 5.74) is 5.63. The highest BCUT2D eigenvalue weighted by Crippen LogP contribution is 2.33. The number of hydrogen-bond donors (Lipinski definition) is 0. The predicted octanol–water partition coefficient (Wildman–Crippen LogP) is 4.57. The second-order valence-electron chi connectivity index (χ2n) is 6.34. The van der Waals surface area contributed by atoms with E-state index in [0.29, 0.717) is 0 Å². The van der Waals surface area contributed by atoms with Gasteiger partial charge in [0.25, 0.3) is 0 Å². The smallest absolute Gasteiger partial charge is 0.122 e. The Morgan fingerprint density at radius 1 is 1.26 bits per heavy atom. The van der Waals surface area contributed by atoms with Crippen LogP contribution in [0.3, 0.4) is 0 Å². The fourth-order valence-corrected chi connectivity index (χ4v) is 3.44. The lowest BCUT2D eigenvalue weighted by molar-refractivity contribution is 0.334. The van der Waals surface area contributed by atoms with Gasteiger partial charge in [0, 0.05) is 18.9 Å². The third kappa shape index (κ3) is 3.49. The van der Waals surface area contributed by atoms with Crippen LogP contribution in [0.4, 0.5) is 0 Å². The molecule has 3 nitrogen and oxygen atoms in total. The monoisotopic (exact) mass is 310 g/mol. The van der Waals surface area contributed by atoms with E-state index in [1.807, 2.05) is 19.3 Å². The second kappa shape index (κ2) is 7.03. The van der Waals surface area contributed by atoms with Crippen molar-refractivity contribution < 1.29 is 4.74 Å². The van der Waals surface area contributed by atoms with Crippen molar-refractivity contribution >= 4 is 6.08 Å². The summed E-state index contributed by atoms with van der Waals surface area (Å²) < 4.78 is 8.02. The van der Waals surface area contributed by atoms with Crippen molar-refractivity contribution in [3.05, 3.63) is 52.6 Å². The highest BCUT2D eigenvalue weighted by molar-refractivity contribution is 5.61. The molecule has 1 aromatic carbocycles. The van der Waals surface area contributed by atoms with Gasteiger partial charge in [-0.1, -0.05) is 17.7 Å². The Bertz CT molecular complexity index is 712. The van der Waals surface area contributed by atoms with Crippen LogP contribution in [-0.4, -0.2) is 16.2 Å². The van der Waals surface area contributed by atoms with Crippen LogP contribution in [0.1, 0.15) is 49.2 Å². The van der Waals surface area contributed by atoms with Crippen molar-refractivity contribution in [2.75, 3.05) is 6.61 Å². The maximum absolute atomic E-state index is 5.83. The molecule has 1 aromatic heterocycles. The molecule has 3 rings (SSSR count). The van der Waals surface area contributed by atoms with Crippen molar-refractivity contribution in [1.29, 1.82) is 0 Å². The van der Waals surface area contributed by atoms with Gasteiger partial charge in [-0.2, -0.15) is 0 Å². The molecule has 122 valence electrons. The molecule has 0 aliphatic heterocycles. The lowest BCUT2D eigenvalue weighted by Crippen LogP contribution is -2.08. The first-order valence-electron chi connectivity index (χ1n) is 8.61. The zero-order valence-electron chi connectivity index (χ0n) is 14.4. The van der Waals surface area contributed by atoms with E-state index in [9.17, 15) is 0 Å². The van der Waals surface area contributed by atoms with E-state index in [2.05, 4.69) is 41.6 Å². The van der Waals surface area contributed by atoms with Crippen LogP contribution in [0.5, 0.6) is 5.75 Å². The number of nitrogens with zero attached hydrogens (tertiary/aromatic N) is 2. The molecule has 0 atom stereocenters. The van der Waals surface area contributed by atoms with Crippen molar-refractivity contribution in [3.63, 3.8) is 0 Å². The highest BCUT2D eigenvalue weighted by atomic mass is 16.5. The number of benzene rings is 1. The summed E-state index contributed by atoms with van der Waals surface area (Å²) in [6.07, 6.45) is 11.1. The van der Waals surface area contributed by atoms with Crippen molar-refractivity contribution in [2.24, 2.45) is 0 Å². The molecule has 0 N–H and O–H groups in total. The van der Waals surface area contributed by atoms with Gasteiger partial charge in [0.1, 0.15) is 11.6 Å². The van der Waals surface area contributed by atoms with Crippen molar-refractivity contribution in [2.45, 2.75) is 53.0 Å². The van der Waals surface area contributed by atoms with Crippen LogP contribution in [0.25, 0.3) is 6.08 Å². The number of fused-ring (bicyclic) bond motifs is 1. The molecule has 3 heteroatoms. The molecular formula is C20H26N2O. The Balaban J connectivity index is 1.90. The summed E-state index contributed by atoms with van der Waals surface area (Å²) >= 11 is 0. The summed E-state index contributed by atoms with van der Waals surface area (Å²) in [6, 6.07) is 4.37. The molecule has 0 saturated heterocycles. The maximum atomic E-state index is 5.83. The third-order valence-electron chi connectivity index (χ3n) is 4.57. The highest BCUT2D eigenvalue weighted by Gasteiger charge is 2.17. The average Bonchev–Trinajstić information content (AvgIpc) is 2.95. The van der Waals surface area contributed by atoms with E-state index < -0.39 is 0 Å². The zero-order valence-corrected chi connectivity index (χ0v) is 14.4. The molecular weight excluding hydrogens is 284 g/mol. The lowest BCUT2D eigenvalue weighted by Gasteiger charge is -2.22. The van der Waals surface area contributed by atoms with Crippen molar-refractivity contribution in [1.82, 2.24) is 9.55 Å². The minimum absolute atomic E-state index is 0.737. The van der Waals surface area contributed by atoms with Crippen LogP contribution in [-0.2, 0) is 19.4 Å². The molecule has 0 radical (unpaired) electrons. The van der Waals surface area contributed by atoms with Gasteiger partial charge in [-0.05, 0) is 69.2 Å².